The smallest absolute Gasteiger partial charge is 0.276 e. The van der Waals surface area contributed by atoms with Crippen LogP contribution >= 0.6 is 12.2 Å². The summed E-state index contributed by atoms with van der Waals surface area (Å²) in [6.45, 7) is 1.30. The molecule has 0 amide bonds. The number of aromatic amines is 2. The monoisotopic (exact) mass is 251 g/mol. The minimum Gasteiger partial charge on any atom is -0.376 e. The van der Waals surface area contributed by atoms with E-state index in [2.05, 4.69) is 9.97 Å². The van der Waals surface area contributed by atoms with Gasteiger partial charge in [-0.2, -0.15) is 0 Å². The molecule has 0 bridgehead atoms. The molecule has 1 aliphatic rings. The Hall–Kier alpha value is -1.40. The SMILES string of the molecule is O=c1[nH]c(=S)n(CCOC2CC2)c2cc[nH]c12. The van der Waals surface area contributed by atoms with Crippen LogP contribution in [0.5, 0.6) is 0 Å². The van der Waals surface area contributed by atoms with Crippen molar-refractivity contribution in [2.45, 2.75) is 25.5 Å². The third kappa shape index (κ3) is 2.05. The molecule has 1 saturated carbocycles. The molecule has 1 aliphatic carbocycles. The predicted molar refractivity (Wildman–Crippen MR) is 66.7 cm³/mol. The zero-order valence-electron chi connectivity index (χ0n) is 9.23. The Kier molecular flexibility index (Phi) is 2.60. The van der Waals surface area contributed by atoms with Crippen molar-refractivity contribution in [2.24, 2.45) is 0 Å². The summed E-state index contributed by atoms with van der Waals surface area (Å²) in [5.41, 5.74) is 1.22. The second kappa shape index (κ2) is 4.12. The van der Waals surface area contributed by atoms with Crippen molar-refractivity contribution in [1.29, 1.82) is 0 Å². The summed E-state index contributed by atoms with van der Waals surface area (Å²) in [5.74, 6) is 0. The van der Waals surface area contributed by atoms with Crippen molar-refractivity contribution in [3.8, 4) is 0 Å². The van der Waals surface area contributed by atoms with E-state index in [4.69, 9.17) is 17.0 Å². The number of hydrogen-bond acceptors (Lipinski definition) is 3. The first kappa shape index (κ1) is 10.7. The number of aromatic nitrogens is 3. The molecular weight excluding hydrogens is 238 g/mol. The Morgan fingerprint density at radius 3 is 3.12 bits per heavy atom. The van der Waals surface area contributed by atoms with Crippen LogP contribution in [0.1, 0.15) is 12.8 Å². The van der Waals surface area contributed by atoms with E-state index in [-0.39, 0.29) is 5.56 Å². The Morgan fingerprint density at radius 1 is 1.53 bits per heavy atom. The molecule has 2 N–H and O–H groups in total. The van der Waals surface area contributed by atoms with E-state index in [1.54, 1.807) is 6.20 Å². The highest BCUT2D eigenvalue weighted by molar-refractivity contribution is 7.71. The summed E-state index contributed by atoms with van der Waals surface area (Å²) in [6.07, 6.45) is 4.51. The van der Waals surface area contributed by atoms with Crippen LogP contribution < -0.4 is 5.56 Å². The number of hydrogen-bond donors (Lipinski definition) is 2. The van der Waals surface area contributed by atoms with Gasteiger partial charge in [-0.25, -0.2) is 0 Å². The maximum Gasteiger partial charge on any atom is 0.276 e. The number of fused-ring (bicyclic) bond motifs is 1. The molecule has 5 nitrogen and oxygen atoms in total. The molecule has 0 aromatic carbocycles. The summed E-state index contributed by atoms with van der Waals surface area (Å²) < 4.78 is 7.94. The molecule has 90 valence electrons. The molecule has 3 rings (SSSR count). The first-order valence-electron chi connectivity index (χ1n) is 5.67. The maximum atomic E-state index is 11.6. The van der Waals surface area contributed by atoms with E-state index in [0.29, 0.717) is 29.5 Å². The van der Waals surface area contributed by atoms with Gasteiger partial charge in [0.25, 0.3) is 5.56 Å². The van der Waals surface area contributed by atoms with Crippen molar-refractivity contribution in [3.63, 3.8) is 0 Å². The highest BCUT2D eigenvalue weighted by Crippen LogP contribution is 2.23. The number of nitrogens with zero attached hydrogens (tertiary/aromatic N) is 1. The third-order valence-electron chi connectivity index (χ3n) is 2.90. The van der Waals surface area contributed by atoms with Crippen LogP contribution in [0.3, 0.4) is 0 Å². The first-order valence-corrected chi connectivity index (χ1v) is 6.08. The molecule has 0 spiro atoms. The van der Waals surface area contributed by atoms with Crippen LogP contribution in [-0.4, -0.2) is 27.2 Å². The van der Waals surface area contributed by atoms with E-state index >= 15 is 0 Å². The van der Waals surface area contributed by atoms with Crippen LogP contribution in [0.4, 0.5) is 0 Å². The molecule has 2 heterocycles. The van der Waals surface area contributed by atoms with Crippen molar-refractivity contribution >= 4 is 23.3 Å². The van der Waals surface area contributed by atoms with Gasteiger partial charge >= 0.3 is 0 Å². The standard InChI is InChI=1S/C11H13N3O2S/c15-10-9-8(3-4-12-9)14(11(17)13-10)5-6-16-7-1-2-7/h3-4,7,12H,1-2,5-6H2,(H,13,15,17). The Labute approximate surface area is 102 Å². The van der Waals surface area contributed by atoms with Gasteiger partial charge in [0.05, 0.1) is 18.2 Å². The third-order valence-corrected chi connectivity index (χ3v) is 3.22. The lowest BCUT2D eigenvalue weighted by molar-refractivity contribution is 0.112. The number of ether oxygens (including phenoxy) is 1. The van der Waals surface area contributed by atoms with Gasteiger partial charge in [0.1, 0.15) is 5.52 Å². The largest absolute Gasteiger partial charge is 0.376 e. The topological polar surface area (TPSA) is 62.8 Å². The average molecular weight is 251 g/mol. The quantitative estimate of drug-likeness (QED) is 0.811. The molecule has 2 aromatic rings. The average Bonchev–Trinajstić information content (AvgIpc) is 2.98. The zero-order chi connectivity index (χ0) is 11.8. The molecule has 0 aliphatic heterocycles. The van der Waals surface area contributed by atoms with Gasteiger partial charge in [0.2, 0.25) is 0 Å². The number of rotatable bonds is 4. The second-order valence-electron chi connectivity index (χ2n) is 4.22. The van der Waals surface area contributed by atoms with E-state index < -0.39 is 0 Å². The van der Waals surface area contributed by atoms with E-state index in [1.807, 2.05) is 10.6 Å². The molecule has 6 heteroatoms. The number of nitrogens with one attached hydrogen (secondary N) is 2. The van der Waals surface area contributed by atoms with Crippen LogP contribution in [0.25, 0.3) is 11.0 Å². The summed E-state index contributed by atoms with van der Waals surface area (Å²) in [5, 5.41) is 0. The van der Waals surface area contributed by atoms with Crippen LogP contribution in [-0.2, 0) is 11.3 Å². The van der Waals surface area contributed by atoms with Gasteiger partial charge in [-0.1, -0.05) is 0 Å². The molecule has 0 atom stereocenters. The molecule has 1 fully saturated rings. The summed E-state index contributed by atoms with van der Waals surface area (Å²) >= 11 is 5.17. The lowest BCUT2D eigenvalue weighted by atomic mass is 10.4. The van der Waals surface area contributed by atoms with Crippen molar-refractivity contribution < 1.29 is 4.74 Å². The number of H-pyrrole nitrogens is 2. The van der Waals surface area contributed by atoms with Gasteiger partial charge in [-0.05, 0) is 31.1 Å². The second-order valence-corrected chi connectivity index (χ2v) is 4.61. The van der Waals surface area contributed by atoms with E-state index in [0.717, 1.165) is 18.4 Å². The molecule has 0 radical (unpaired) electrons. The first-order chi connectivity index (χ1) is 8.25. The van der Waals surface area contributed by atoms with E-state index in [9.17, 15) is 4.79 Å². The highest BCUT2D eigenvalue weighted by Gasteiger charge is 2.21. The molecule has 0 saturated heterocycles. The van der Waals surface area contributed by atoms with Crippen LogP contribution in [0.2, 0.25) is 0 Å². The fourth-order valence-corrected chi connectivity index (χ4v) is 2.15. The lowest BCUT2D eigenvalue weighted by Crippen LogP contribution is -2.16. The minimum absolute atomic E-state index is 0.172. The Bertz CT molecular complexity index is 651. The summed E-state index contributed by atoms with van der Waals surface area (Å²) in [4.78, 5) is 17.2. The zero-order valence-corrected chi connectivity index (χ0v) is 10.0. The molecule has 17 heavy (non-hydrogen) atoms. The van der Waals surface area contributed by atoms with Gasteiger partial charge in [0, 0.05) is 12.7 Å². The van der Waals surface area contributed by atoms with Gasteiger partial charge in [0.15, 0.2) is 4.77 Å². The van der Waals surface area contributed by atoms with E-state index in [1.165, 1.54) is 0 Å². The normalized spacial score (nSPS) is 15.5. The Balaban J connectivity index is 1.93. The van der Waals surface area contributed by atoms with Crippen molar-refractivity contribution in [2.75, 3.05) is 6.61 Å². The molecule has 0 unspecified atom stereocenters. The maximum absolute atomic E-state index is 11.6. The summed E-state index contributed by atoms with van der Waals surface area (Å²) in [7, 11) is 0. The summed E-state index contributed by atoms with van der Waals surface area (Å²) in [6, 6.07) is 1.86. The highest BCUT2D eigenvalue weighted by atomic mass is 32.1. The predicted octanol–water partition coefficient (Wildman–Crippen LogP) is 1.57. The fraction of sp³-hybridized carbons (Fsp3) is 0.455. The van der Waals surface area contributed by atoms with Gasteiger partial charge in [-0.15, -0.1) is 0 Å². The minimum atomic E-state index is -0.172. The van der Waals surface area contributed by atoms with Crippen molar-refractivity contribution in [3.05, 3.63) is 27.4 Å². The van der Waals surface area contributed by atoms with Gasteiger partial charge in [-0.3, -0.25) is 9.78 Å². The van der Waals surface area contributed by atoms with Crippen LogP contribution in [0.15, 0.2) is 17.1 Å². The van der Waals surface area contributed by atoms with Crippen molar-refractivity contribution in [1.82, 2.24) is 14.5 Å². The lowest BCUT2D eigenvalue weighted by Gasteiger charge is -2.08. The molecule has 2 aromatic heterocycles. The van der Waals surface area contributed by atoms with Gasteiger partial charge < -0.3 is 14.3 Å². The fourth-order valence-electron chi connectivity index (χ4n) is 1.87. The van der Waals surface area contributed by atoms with Crippen LogP contribution in [0, 0.1) is 4.77 Å². The molecular formula is C11H13N3O2S. The Morgan fingerprint density at radius 2 is 2.35 bits per heavy atom.